The average molecular weight is 275 g/mol. The van der Waals surface area contributed by atoms with E-state index in [0.29, 0.717) is 11.3 Å². The Morgan fingerprint density at radius 2 is 2.27 bits per heavy atom. The maximum atomic E-state index is 10.5. The van der Waals surface area contributed by atoms with Crippen LogP contribution in [0.5, 0.6) is 5.75 Å². The third kappa shape index (κ3) is 3.89. The molecular weight excluding hydrogens is 264 g/mol. The molecule has 0 aliphatic heterocycles. The second-order valence-electron chi connectivity index (χ2n) is 2.89. The smallest absolute Gasteiger partial charge is 0.307 e. The number of carbonyl (C=O) groups is 1. The fraction of sp³-hybridized carbons (Fsp3) is 0.300. The maximum Gasteiger partial charge on any atom is 0.307 e. The minimum absolute atomic E-state index is 0.0172. The zero-order valence-corrected chi connectivity index (χ0v) is 9.78. The summed E-state index contributed by atoms with van der Waals surface area (Å²) in [6.45, 7) is 0.134. The van der Waals surface area contributed by atoms with Gasteiger partial charge in [0, 0.05) is 7.11 Å². The van der Waals surface area contributed by atoms with Crippen molar-refractivity contribution in [3.63, 3.8) is 0 Å². The summed E-state index contributed by atoms with van der Waals surface area (Å²) in [5.41, 5.74) is 0.691. The largest absolute Gasteiger partial charge is 0.481 e. The summed E-state index contributed by atoms with van der Waals surface area (Å²) >= 11 is 3.30. The van der Waals surface area contributed by atoms with E-state index in [4.69, 9.17) is 14.6 Å². The monoisotopic (exact) mass is 274 g/mol. The standard InChI is InChI=1S/C10H11BrO4/c1-14-6-15-9-4-7(5-10(12)13)2-3-8(9)11/h2-4H,5-6H2,1H3,(H,12,13). The van der Waals surface area contributed by atoms with Crippen LogP contribution >= 0.6 is 15.9 Å². The first-order valence-corrected chi connectivity index (χ1v) is 5.04. The quantitative estimate of drug-likeness (QED) is 0.836. The molecule has 0 aliphatic rings. The highest BCUT2D eigenvalue weighted by atomic mass is 79.9. The van der Waals surface area contributed by atoms with Crippen LogP contribution in [0.3, 0.4) is 0 Å². The van der Waals surface area contributed by atoms with Gasteiger partial charge in [-0.2, -0.15) is 0 Å². The van der Waals surface area contributed by atoms with Gasteiger partial charge in [0.15, 0.2) is 6.79 Å². The highest BCUT2D eigenvalue weighted by Crippen LogP contribution is 2.26. The molecule has 0 fully saturated rings. The Kier molecular flexibility index (Phi) is 4.58. The van der Waals surface area contributed by atoms with Gasteiger partial charge in [-0.1, -0.05) is 6.07 Å². The zero-order chi connectivity index (χ0) is 11.3. The van der Waals surface area contributed by atoms with Crippen molar-refractivity contribution in [2.75, 3.05) is 13.9 Å². The molecule has 0 aliphatic carbocycles. The van der Waals surface area contributed by atoms with E-state index >= 15 is 0 Å². The Bertz CT molecular complexity index is 351. The summed E-state index contributed by atoms with van der Waals surface area (Å²) in [5.74, 6) is -0.286. The number of methoxy groups -OCH3 is 1. The van der Waals surface area contributed by atoms with Gasteiger partial charge in [-0.25, -0.2) is 0 Å². The van der Waals surface area contributed by atoms with E-state index in [0.717, 1.165) is 4.47 Å². The van der Waals surface area contributed by atoms with Gasteiger partial charge in [-0.15, -0.1) is 0 Å². The Morgan fingerprint density at radius 1 is 1.53 bits per heavy atom. The number of hydrogen-bond acceptors (Lipinski definition) is 3. The molecule has 0 heterocycles. The van der Waals surface area contributed by atoms with Crippen molar-refractivity contribution in [1.82, 2.24) is 0 Å². The van der Waals surface area contributed by atoms with Crippen molar-refractivity contribution in [1.29, 1.82) is 0 Å². The highest BCUT2D eigenvalue weighted by Gasteiger charge is 2.05. The van der Waals surface area contributed by atoms with Crippen molar-refractivity contribution >= 4 is 21.9 Å². The Morgan fingerprint density at radius 3 is 2.87 bits per heavy atom. The predicted molar refractivity (Wildman–Crippen MR) is 58.0 cm³/mol. The molecule has 0 unspecified atom stereocenters. The van der Waals surface area contributed by atoms with E-state index in [1.54, 1.807) is 18.2 Å². The van der Waals surface area contributed by atoms with Crippen LogP contribution in [0, 0.1) is 0 Å². The van der Waals surface area contributed by atoms with Crippen LogP contribution < -0.4 is 4.74 Å². The normalized spacial score (nSPS) is 10.0. The molecule has 0 aromatic heterocycles. The molecule has 82 valence electrons. The van der Waals surface area contributed by atoms with Gasteiger partial charge in [0.1, 0.15) is 5.75 Å². The third-order valence-corrected chi connectivity index (χ3v) is 2.34. The lowest BCUT2D eigenvalue weighted by molar-refractivity contribution is -0.136. The lowest BCUT2D eigenvalue weighted by atomic mass is 10.1. The Balaban J connectivity index is 2.79. The molecule has 1 aromatic rings. The Labute approximate surface area is 95.9 Å². The van der Waals surface area contributed by atoms with E-state index in [-0.39, 0.29) is 13.2 Å². The van der Waals surface area contributed by atoms with E-state index in [1.807, 2.05) is 0 Å². The summed E-state index contributed by atoms with van der Waals surface area (Å²) in [6, 6.07) is 5.17. The minimum Gasteiger partial charge on any atom is -0.481 e. The van der Waals surface area contributed by atoms with E-state index in [1.165, 1.54) is 7.11 Å². The average Bonchev–Trinajstić information content (AvgIpc) is 2.18. The molecule has 15 heavy (non-hydrogen) atoms. The van der Waals surface area contributed by atoms with Crippen molar-refractivity contribution in [3.8, 4) is 5.75 Å². The van der Waals surface area contributed by atoms with E-state index in [9.17, 15) is 4.79 Å². The number of rotatable bonds is 5. The molecule has 0 saturated heterocycles. The number of carboxylic acid groups (broad SMARTS) is 1. The van der Waals surface area contributed by atoms with Gasteiger partial charge < -0.3 is 14.6 Å². The van der Waals surface area contributed by atoms with Crippen LogP contribution in [0.2, 0.25) is 0 Å². The molecule has 5 heteroatoms. The first-order chi connectivity index (χ1) is 7.13. The SMILES string of the molecule is COCOc1cc(CC(=O)O)ccc1Br. The van der Waals surface area contributed by atoms with E-state index in [2.05, 4.69) is 15.9 Å². The van der Waals surface area contributed by atoms with Gasteiger partial charge in [-0.05, 0) is 33.6 Å². The van der Waals surface area contributed by atoms with Gasteiger partial charge in [0.2, 0.25) is 0 Å². The van der Waals surface area contributed by atoms with Crippen molar-refractivity contribution in [2.45, 2.75) is 6.42 Å². The molecule has 1 aromatic carbocycles. The molecule has 4 nitrogen and oxygen atoms in total. The van der Waals surface area contributed by atoms with Crippen LogP contribution in [0.15, 0.2) is 22.7 Å². The number of halogens is 1. The number of benzene rings is 1. The zero-order valence-electron chi connectivity index (χ0n) is 8.20. The summed E-state index contributed by atoms with van der Waals surface area (Å²) < 4.78 is 10.8. The predicted octanol–water partition coefficient (Wildman–Crippen LogP) is 2.06. The topological polar surface area (TPSA) is 55.8 Å². The van der Waals surface area contributed by atoms with E-state index < -0.39 is 5.97 Å². The molecule has 0 saturated carbocycles. The minimum atomic E-state index is -0.866. The molecule has 0 radical (unpaired) electrons. The lowest BCUT2D eigenvalue weighted by Gasteiger charge is -2.08. The fourth-order valence-corrected chi connectivity index (χ4v) is 1.43. The highest BCUT2D eigenvalue weighted by molar-refractivity contribution is 9.10. The molecule has 1 rings (SSSR count). The molecule has 1 N–H and O–H groups in total. The lowest BCUT2D eigenvalue weighted by Crippen LogP contribution is -2.03. The molecule has 0 spiro atoms. The first-order valence-electron chi connectivity index (χ1n) is 4.25. The third-order valence-electron chi connectivity index (χ3n) is 1.68. The van der Waals surface area contributed by atoms with Crippen LogP contribution in [-0.4, -0.2) is 25.0 Å². The molecule has 0 atom stereocenters. The fourth-order valence-electron chi connectivity index (χ4n) is 1.07. The van der Waals surface area contributed by atoms with Gasteiger partial charge in [0.25, 0.3) is 0 Å². The van der Waals surface area contributed by atoms with Gasteiger partial charge >= 0.3 is 5.97 Å². The van der Waals surface area contributed by atoms with Crippen LogP contribution in [0.1, 0.15) is 5.56 Å². The molecule has 0 amide bonds. The number of ether oxygens (including phenoxy) is 2. The summed E-state index contributed by atoms with van der Waals surface area (Å²) in [6.07, 6.45) is -0.0172. The summed E-state index contributed by atoms with van der Waals surface area (Å²) in [5, 5.41) is 8.63. The van der Waals surface area contributed by atoms with Gasteiger partial charge in [0.05, 0.1) is 10.9 Å². The summed E-state index contributed by atoms with van der Waals surface area (Å²) in [7, 11) is 1.52. The van der Waals surface area contributed by atoms with Crippen LogP contribution in [0.4, 0.5) is 0 Å². The maximum absolute atomic E-state index is 10.5. The number of aliphatic carboxylic acids is 1. The molecular formula is C10H11BrO4. The summed E-state index contributed by atoms with van der Waals surface area (Å²) in [4.78, 5) is 10.5. The van der Waals surface area contributed by atoms with Crippen LogP contribution in [-0.2, 0) is 16.0 Å². The second kappa shape index (κ2) is 5.72. The molecule has 0 bridgehead atoms. The van der Waals surface area contributed by atoms with Crippen molar-refractivity contribution < 1.29 is 19.4 Å². The first kappa shape index (κ1) is 12.0. The van der Waals surface area contributed by atoms with Crippen molar-refractivity contribution in [2.24, 2.45) is 0 Å². The Hall–Kier alpha value is -1.07. The number of hydrogen-bond donors (Lipinski definition) is 1. The second-order valence-corrected chi connectivity index (χ2v) is 3.74. The van der Waals surface area contributed by atoms with Gasteiger partial charge in [-0.3, -0.25) is 4.79 Å². The van der Waals surface area contributed by atoms with Crippen LogP contribution in [0.25, 0.3) is 0 Å². The van der Waals surface area contributed by atoms with Crippen molar-refractivity contribution in [3.05, 3.63) is 28.2 Å². The number of carboxylic acids is 1.